The zero-order valence-electron chi connectivity index (χ0n) is 16.6. The molecule has 2 aromatic rings. The molecule has 0 aliphatic carbocycles. The summed E-state index contributed by atoms with van der Waals surface area (Å²) >= 11 is 0. The van der Waals surface area contributed by atoms with E-state index in [0.717, 1.165) is 12.1 Å². The van der Waals surface area contributed by atoms with Crippen molar-refractivity contribution in [2.45, 2.75) is 24.7 Å². The molecular formula is C20H16F6N4O3. The SMILES string of the molecule is N#Cc1ccc(N2C[C@@H](COc3ccc(NC(N)=O)cc3)O[C@@H]2C(F)(F)F)cc1C(F)(F)F. The van der Waals surface area contributed by atoms with E-state index in [-0.39, 0.29) is 12.4 Å². The fourth-order valence-electron chi connectivity index (χ4n) is 3.21. The van der Waals surface area contributed by atoms with Gasteiger partial charge in [0.1, 0.15) is 18.5 Å². The van der Waals surface area contributed by atoms with Crippen molar-refractivity contribution in [2.24, 2.45) is 5.73 Å². The molecular weight excluding hydrogens is 458 g/mol. The van der Waals surface area contributed by atoms with Gasteiger partial charge in [-0.15, -0.1) is 0 Å². The topological polar surface area (TPSA) is 101 Å². The Balaban J connectivity index is 1.77. The molecule has 7 nitrogen and oxygen atoms in total. The van der Waals surface area contributed by atoms with E-state index >= 15 is 0 Å². The number of nitrogens with two attached hydrogens (primary N) is 1. The summed E-state index contributed by atoms with van der Waals surface area (Å²) in [6.07, 6.45) is -13.4. The highest BCUT2D eigenvalue weighted by Gasteiger charge is 2.51. The number of urea groups is 1. The van der Waals surface area contributed by atoms with E-state index in [1.807, 2.05) is 0 Å². The van der Waals surface area contributed by atoms with E-state index in [1.165, 1.54) is 30.3 Å². The zero-order valence-corrected chi connectivity index (χ0v) is 16.6. The van der Waals surface area contributed by atoms with E-state index < -0.39 is 54.1 Å². The molecule has 1 aliphatic rings. The maximum atomic E-state index is 13.5. The van der Waals surface area contributed by atoms with Crippen LogP contribution in [0.2, 0.25) is 0 Å². The zero-order chi connectivity index (χ0) is 24.4. The van der Waals surface area contributed by atoms with Gasteiger partial charge < -0.3 is 25.4 Å². The third kappa shape index (κ3) is 5.78. The van der Waals surface area contributed by atoms with Crippen LogP contribution >= 0.6 is 0 Å². The number of carbonyl (C=O) groups is 1. The van der Waals surface area contributed by atoms with Crippen LogP contribution in [0.15, 0.2) is 42.5 Å². The lowest BCUT2D eigenvalue weighted by atomic mass is 10.1. The Morgan fingerprint density at radius 3 is 2.39 bits per heavy atom. The molecule has 3 rings (SSSR count). The predicted molar refractivity (Wildman–Crippen MR) is 103 cm³/mol. The molecule has 0 unspecified atom stereocenters. The van der Waals surface area contributed by atoms with Crippen LogP contribution in [0.3, 0.4) is 0 Å². The molecule has 13 heteroatoms. The molecule has 1 fully saturated rings. The first kappa shape index (κ1) is 24.0. The number of carbonyl (C=O) groups excluding carboxylic acids is 1. The number of rotatable bonds is 5. The summed E-state index contributed by atoms with van der Waals surface area (Å²) in [5.74, 6) is 0.258. The number of primary amides is 1. The predicted octanol–water partition coefficient (Wildman–Crippen LogP) is 4.24. The third-order valence-corrected chi connectivity index (χ3v) is 4.60. The molecule has 0 aromatic heterocycles. The largest absolute Gasteiger partial charge is 0.491 e. The van der Waals surface area contributed by atoms with Gasteiger partial charge in [0, 0.05) is 11.4 Å². The summed E-state index contributed by atoms with van der Waals surface area (Å²) in [5.41, 5.74) is 2.92. The normalized spacial score (nSPS) is 18.6. The lowest BCUT2D eigenvalue weighted by Gasteiger charge is -2.27. The van der Waals surface area contributed by atoms with Crippen molar-refractivity contribution in [1.29, 1.82) is 5.26 Å². The van der Waals surface area contributed by atoms with Gasteiger partial charge in [-0.1, -0.05) is 0 Å². The standard InChI is InChI=1S/C20H16F6N4O3/c21-19(22,23)16-7-13(4-1-11(16)8-27)30-9-15(33-17(30)20(24,25)26)10-32-14-5-2-12(3-6-14)29-18(28)31/h1-7,15,17H,9-10H2,(H3,28,29,31)/t15-,17+/m0/s1. The van der Waals surface area contributed by atoms with Gasteiger partial charge in [0.25, 0.3) is 0 Å². The molecule has 3 N–H and O–H groups in total. The van der Waals surface area contributed by atoms with E-state index in [4.69, 9.17) is 20.5 Å². The van der Waals surface area contributed by atoms with Crippen LogP contribution in [0.25, 0.3) is 0 Å². The Labute approximate surface area is 183 Å². The second-order valence-corrected chi connectivity index (χ2v) is 6.97. The molecule has 176 valence electrons. The highest BCUT2D eigenvalue weighted by atomic mass is 19.4. The summed E-state index contributed by atoms with van der Waals surface area (Å²) in [5, 5.41) is 11.2. The smallest absolute Gasteiger partial charge is 0.433 e. The molecule has 0 radical (unpaired) electrons. The number of ether oxygens (including phenoxy) is 2. The van der Waals surface area contributed by atoms with Crippen LogP contribution < -0.4 is 20.7 Å². The van der Waals surface area contributed by atoms with Crippen molar-refractivity contribution in [3.63, 3.8) is 0 Å². The van der Waals surface area contributed by atoms with Crippen LogP contribution in [0, 0.1) is 11.3 Å². The Bertz CT molecular complexity index is 1050. The van der Waals surface area contributed by atoms with Gasteiger partial charge in [-0.25, -0.2) is 4.79 Å². The van der Waals surface area contributed by atoms with E-state index in [9.17, 15) is 31.1 Å². The van der Waals surface area contributed by atoms with Crippen LogP contribution in [-0.4, -0.2) is 37.7 Å². The average Bonchev–Trinajstić information content (AvgIpc) is 3.17. The van der Waals surface area contributed by atoms with Crippen molar-refractivity contribution in [1.82, 2.24) is 0 Å². The number of hydrogen-bond acceptors (Lipinski definition) is 5. The van der Waals surface area contributed by atoms with Gasteiger partial charge in [-0.3, -0.25) is 0 Å². The van der Waals surface area contributed by atoms with E-state index in [2.05, 4.69) is 5.32 Å². The van der Waals surface area contributed by atoms with Crippen molar-refractivity contribution in [3.05, 3.63) is 53.6 Å². The fraction of sp³-hybridized carbons (Fsp3) is 0.300. The number of hydrogen-bond donors (Lipinski definition) is 2. The maximum absolute atomic E-state index is 13.5. The fourth-order valence-corrected chi connectivity index (χ4v) is 3.21. The first-order chi connectivity index (χ1) is 15.4. The van der Waals surface area contributed by atoms with Gasteiger partial charge >= 0.3 is 18.4 Å². The number of nitrogens with zero attached hydrogens (tertiary/aromatic N) is 2. The Kier molecular flexibility index (Phi) is 6.59. The van der Waals surface area contributed by atoms with Gasteiger partial charge in [0.05, 0.1) is 23.7 Å². The number of alkyl halides is 6. The summed E-state index contributed by atoms with van der Waals surface area (Å²) in [4.78, 5) is 11.5. The van der Waals surface area contributed by atoms with Gasteiger partial charge in [0.15, 0.2) is 0 Å². The number of anilines is 2. The second-order valence-electron chi connectivity index (χ2n) is 6.97. The first-order valence-electron chi connectivity index (χ1n) is 9.28. The minimum absolute atomic E-state index is 0.258. The number of nitriles is 1. The van der Waals surface area contributed by atoms with Crippen LogP contribution in [0.5, 0.6) is 5.75 Å². The molecule has 2 aromatic carbocycles. The highest BCUT2D eigenvalue weighted by molar-refractivity contribution is 5.87. The molecule has 2 amide bonds. The Morgan fingerprint density at radius 2 is 1.85 bits per heavy atom. The minimum atomic E-state index is -4.92. The maximum Gasteiger partial charge on any atom is 0.433 e. The van der Waals surface area contributed by atoms with E-state index in [0.29, 0.717) is 16.7 Å². The molecule has 33 heavy (non-hydrogen) atoms. The first-order valence-corrected chi connectivity index (χ1v) is 9.28. The number of halogens is 6. The lowest BCUT2D eigenvalue weighted by Crippen LogP contribution is -2.42. The van der Waals surface area contributed by atoms with Crippen LogP contribution in [0.1, 0.15) is 11.1 Å². The van der Waals surface area contributed by atoms with Crippen molar-refractivity contribution in [3.8, 4) is 11.8 Å². The summed E-state index contributed by atoms with van der Waals surface area (Å²) in [7, 11) is 0. The average molecular weight is 474 g/mol. The molecule has 0 spiro atoms. The monoisotopic (exact) mass is 474 g/mol. The summed E-state index contributed by atoms with van der Waals surface area (Å²) in [6, 6.07) is 8.70. The van der Waals surface area contributed by atoms with Crippen molar-refractivity contribution in [2.75, 3.05) is 23.4 Å². The molecule has 2 atom stereocenters. The van der Waals surface area contributed by atoms with Crippen molar-refractivity contribution < 1.29 is 40.6 Å². The van der Waals surface area contributed by atoms with Crippen molar-refractivity contribution >= 4 is 17.4 Å². The Hall–Kier alpha value is -3.66. The molecule has 1 saturated heterocycles. The molecule has 0 saturated carbocycles. The van der Waals surface area contributed by atoms with Crippen LogP contribution in [0.4, 0.5) is 42.5 Å². The summed E-state index contributed by atoms with van der Waals surface area (Å²) in [6.45, 7) is -0.733. The number of benzene rings is 2. The molecule has 1 heterocycles. The van der Waals surface area contributed by atoms with E-state index in [1.54, 1.807) is 0 Å². The van der Waals surface area contributed by atoms with Gasteiger partial charge in [0.2, 0.25) is 6.23 Å². The molecule has 0 bridgehead atoms. The highest BCUT2D eigenvalue weighted by Crippen LogP contribution is 2.39. The number of nitrogens with one attached hydrogen (secondary N) is 1. The quantitative estimate of drug-likeness (QED) is 0.632. The number of amides is 2. The van der Waals surface area contributed by atoms with Crippen LogP contribution in [-0.2, 0) is 10.9 Å². The third-order valence-electron chi connectivity index (χ3n) is 4.60. The molecule has 1 aliphatic heterocycles. The lowest BCUT2D eigenvalue weighted by molar-refractivity contribution is -0.215. The van der Waals surface area contributed by atoms with Gasteiger partial charge in [-0.2, -0.15) is 31.6 Å². The minimum Gasteiger partial charge on any atom is -0.491 e. The second kappa shape index (κ2) is 9.07. The van der Waals surface area contributed by atoms with Gasteiger partial charge in [-0.05, 0) is 42.5 Å². The Morgan fingerprint density at radius 1 is 1.18 bits per heavy atom. The summed E-state index contributed by atoms with van der Waals surface area (Å²) < 4.78 is 90.8.